The second-order valence-corrected chi connectivity index (χ2v) is 7.36. The molecule has 0 radical (unpaired) electrons. The fraction of sp³-hybridized carbons (Fsp3) is 0.333. The molecule has 1 saturated heterocycles. The summed E-state index contributed by atoms with van der Waals surface area (Å²) in [6.45, 7) is 2.09. The van der Waals surface area contributed by atoms with Crippen molar-refractivity contribution in [2.45, 2.75) is 18.9 Å². The van der Waals surface area contributed by atoms with Gasteiger partial charge in [-0.2, -0.15) is 9.64 Å². The summed E-state index contributed by atoms with van der Waals surface area (Å²) in [5.41, 5.74) is 1.52. The van der Waals surface area contributed by atoms with Gasteiger partial charge in [-0.05, 0) is 56.2 Å². The average Bonchev–Trinajstić information content (AvgIpc) is 3.13. The molecule has 2 N–H and O–H groups in total. The Morgan fingerprint density at radius 2 is 2.27 bits per heavy atom. The van der Waals surface area contributed by atoms with Gasteiger partial charge in [0.1, 0.15) is 16.1 Å². The van der Waals surface area contributed by atoms with E-state index in [1.165, 1.54) is 17.6 Å². The summed E-state index contributed by atoms with van der Waals surface area (Å²) in [6.07, 6.45) is 4.01. The van der Waals surface area contributed by atoms with E-state index in [1.807, 2.05) is 6.07 Å². The number of phenolic OH excluding ortho intramolecular Hbond substituents is 1. The first kappa shape index (κ1) is 16.7. The Bertz CT molecular complexity index is 995. The Balaban J connectivity index is 1.71. The monoisotopic (exact) mass is 366 g/mol. The van der Waals surface area contributed by atoms with Crippen LogP contribution in [0.25, 0.3) is 21.3 Å². The Morgan fingerprint density at radius 1 is 1.38 bits per heavy atom. The summed E-state index contributed by atoms with van der Waals surface area (Å²) >= 11 is 1.36. The Kier molecular flexibility index (Phi) is 4.41. The first-order chi connectivity index (χ1) is 12.7. The number of rotatable bonds is 3. The van der Waals surface area contributed by atoms with E-state index < -0.39 is 0 Å². The van der Waals surface area contributed by atoms with Gasteiger partial charge in [-0.15, -0.1) is 10.2 Å². The largest absolute Gasteiger partial charge is 0.507 e. The Hall–Kier alpha value is -2.76. The number of aromatic nitrogens is 3. The molecule has 8 heteroatoms. The molecule has 0 aliphatic carbocycles. The number of nitrogens with zero attached hydrogens (tertiary/aromatic N) is 5. The van der Waals surface area contributed by atoms with Crippen molar-refractivity contribution in [3.63, 3.8) is 0 Å². The lowest BCUT2D eigenvalue weighted by Gasteiger charge is -2.30. The molecule has 1 aliphatic heterocycles. The van der Waals surface area contributed by atoms with Gasteiger partial charge in [0.05, 0.1) is 17.8 Å². The minimum atomic E-state index is 0.0143. The second kappa shape index (κ2) is 6.86. The Labute approximate surface area is 155 Å². The predicted molar refractivity (Wildman–Crippen MR) is 101 cm³/mol. The summed E-state index contributed by atoms with van der Waals surface area (Å²) < 4.78 is 5.22. The third kappa shape index (κ3) is 3.07. The normalized spacial score (nSPS) is 17.9. The van der Waals surface area contributed by atoms with Crippen LogP contribution in [0.4, 0.5) is 5.82 Å². The first-order valence-corrected chi connectivity index (χ1v) is 9.22. The van der Waals surface area contributed by atoms with Crippen molar-refractivity contribution in [1.29, 1.82) is 5.26 Å². The zero-order chi connectivity index (χ0) is 18.1. The molecule has 1 aliphatic rings. The van der Waals surface area contributed by atoms with E-state index in [4.69, 9.17) is 5.26 Å². The van der Waals surface area contributed by atoms with Crippen LogP contribution in [0, 0.1) is 11.3 Å². The maximum absolute atomic E-state index is 10.3. The number of likely N-dealkylation sites (tertiary alicyclic amines) is 1. The van der Waals surface area contributed by atoms with Crippen molar-refractivity contribution >= 4 is 27.4 Å². The number of aromatic hydroxyl groups is 1. The molecule has 0 saturated carbocycles. The minimum Gasteiger partial charge on any atom is -0.507 e. The number of hydrogen-bond acceptors (Lipinski definition) is 8. The number of piperidine rings is 1. The van der Waals surface area contributed by atoms with E-state index in [0.29, 0.717) is 22.9 Å². The van der Waals surface area contributed by atoms with Gasteiger partial charge in [0.25, 0.3) is 0 Å². The van der Waals surface area contributed by atoms with E-state index in [1.54, 1.807) is 18.3 Å². The van der Waals surface area contributed by atoms with Crippen LogP contribution < -0.4 is 5.32 Å². The molecule has 2 aromatic heterocycles. The SMILES string of the molecule is CN1CCC[C@@H](Nc2nnc(-c3ccc(C#N)cc3O)c3cnsc23)C1. The first-order valence-electron chi connectivity index (χ1n) is 8.45. The lowest BCUT2D eigenvalue weighted by molar-refractivity contribution is 0.261. The highest BCUT2D eigenvalue weighted by Crippen LogP contribution is 2.36. The summed E-state index contributed by atoms with van der Waals surface area (Å²) in [5.74, 6) is 0.750. The van der Waals surface area contributed by atoms with E-state index in [2.05, 4.69) is 31.8 Å². The molecule has 0 spiro atoms. The van der Waals surface area contributed by atoms with Crippen molar-refractivity contribution < 1.29 is 5.11 Å². The number of phenols is 1. The maximum atomic E-state index is 10.3. The molecule has 1 fully saturated rings. The van der Waals surface area contributed by atoms with Crippen molar-refractivity contribution in [2.24, 2.45) is 0 Å². The van der Waals surface area contributed by atoms with Crippen molar-refractivity contribution in [2.75, 3.05) is 25.5 Å². The number of hydrogen-bond donors (Lipinski definition) is 2. The fourth-order valence-electron chi connectivity index (χ4n) is 3.35. The van der Waals surface area contributed by atoms with Gasteiger partial charge in [0.15, 0.2) is 5.82 Å². The van der Waals surface area contributed by atoms with Crippen LogP contribution >= 0.6 is 11.5 Å². The third-order valence-electron chi connectivity index (χ3n) is 4.64. The average molecular weight is 366 g/mol. The van der Waals surface area contributed by atoms with Crippen molar-refractivity contribution in [1.82, 2.24) is 19.5 Å². The van der Waals surface area contributed by atoms with Crippen LogP contribution in [-0.2, 0) is 0 Å². The van der Waals surface area contributed by atoms with Crippen LogP contribution in [0.15, 0.2) is 24.4 Å². The number of nitriles is 1. The number of fused-ring (bicyclic) bond motifs is 1. The lowest BCUT2D eigenvalue weighted by Crippen LogP contribution is -2.39. The molecule has 3 aromatic rings. The van der Waals surface area contributed by atoms with Gasteiger partial charge >= 0.3 is 0 Å². The fourth-order valence-corrected chi connectivity index (χ4v) is 4.05. The van der Waals surface area contributed by atoms with Crippen LogP contribution in [0.5, 0.6) is 5.75 Å². The summed E-state index contributed by atoms with van der Waals surface area (Å²) in [4.78, 5) is 2.31. The molecular formula is C18H18N6OS. The smallest absolute Gasteiger partial charge is 0.168 e. The molecule has 1 atom stereocenters. The Morgan fingerprint density at radius 3 is 3.04 bits per heavy atom. The van der Waals surface area contributed by atoms with Gasteiger partial charge in [-0.25, -0.2) is 0 Å². The standard InChI is InChI=1S/C18H18N6OS/c1-24-6-2-3-12(10-24)21-18-17-14(9-20-26-17)16(22-23-18)13-5-4-11(8-19)7-15(13)25/h4-5,7,9,12,25H,2-3,6,10H2,1H3,(H,21,23)/t12-/m1/s1. The minimum absolute atomic E-state index is 0.0143. The number of anilines is 1. The molecular weight excluding hydrogens is 348 g/mol. The zero-order valence-electron chi connectivity index (χ0n) is 14.3. The molecule has 1 aromatic carbocycles. The van der Waals surface area contributed by atoms with Gasteiger partial charge in [-0.1, -0.05) is 0 Å². The van der Waals surface area contributed by atoms with E-state index in [9.17, 15) is 5.11 Å². The second-order valence-electron chi connectivity index (χ2n) is 6.56. The summed E-state index contributed by atoms with van der Waals surface area (Å²) in [5, 5.41) is 32.3. The number of nitrogens with one attached hydrogen (secondary N) is 1. The van der Waals surface area contributed by atoms with Gasteiger partial charge < -0.3 is 15.3 Å². The summed E-state index contributed by atoms with van der Waals surface area (Å²) in [7, 11) is 2.12. The molecule has 26 heavy (non-hydrogen) atoms. The highest BCUT2D eigenvalue weighted by molar-refractivity contribution is 7.14. The molecule has 0 unspecified atom stereocenters. The van der Waals surface area contributed by atoms with Crippen molar-refractivity contribution in [3.05, 3.63) is 30.0 Å². The lowest BCUT2D eigenvalue weighted by atomic mass is 10.0. The van der Waals surface area contributed by atoms with Crippen LogP contribution in [0.1, 0.15) is 18.4 Å². The van der Waals surface area contributed by atoms with E-state index in [0.717, 1.165) is 41.8 Å². The van der Waals surface area contributed by atoms with E-state index >= 15 is 0 Å². The van der Waals surface area contributed by atoms with E-state index in [-0.39, 0.29) is 5.75 Å². The highest BCUT2D eigenvalue weighted by atomic mass is 32.1. The molecule has 0 amide bonds. The topological polar surface area (TPSA) is 98.0 Å². The molecule has 132 valence electrons. The number of likely N-dealkylation sites (N-methyl/N-ethyl adjacent to an activating group) is 1. The predicted octanol–water partition coefficient (Wildman–Crippen LogP) is 2.84. The van der Waals surface area contributed by atoms with Crippen LogP contribution in [0.2, 0.25) is 0 Å². The summed E-state index contributed by atoms with van der Waals surface area (Å²) in [6, 6.07) is 7.14. The molecule has 7 nitrogen and oxygen atoms in total. The van der Waals surface area contributed by atoms with Gasteiger partial charge in [0.2, 0.25) is 0 Å². The van der Waals surface area contributed by atoms with Crippen molar-refractivity contribution in [3.8, 4) is 23.1 Å². The van der Waals surface area contributed by atoms with Crippen LogP contribution in [-0.4, -0.2) is 50.8 Å². The number of benzene rings is 1. The van der Waals surface area contributed by atoms with Gasteiger partial charge in [-0.3, -0.25) is 0 Å². The van der Waals surface area contributed by atoms with Crippen LogP contribution in [0.3, 0.4) is 0 Å². The molecule has 3 heterocycles. The highest BCUT2D eigenvalue weighted by Gasteiger charge is 2.21. The zero-order valence-corrected chi connectivity index (χ0v) is 15.1. The van der Waals surface area contributed by atoms with Gasteiger partial charge in [0, 0.05) is 23.5 Å². The third-order valence-corrected chi connectivity index (χ3v) is 5.44. The maximum Gasteiger partial charge on any atom is 0.168 e. The quantitative estimate of drug-likeness (QED) is 0.735. The molecule has 4 rings (SSSR count). The molecule has 0 bridgehead atoms.